The van der Waals surface area contributed by atoms with Gasteiger partial charge in [0, 0.05) is 30.8 Å². The molecule has 0 saturated heterocycles. The molecule has 0 unspecified atom stereocenters. The molecule has 0 atom stereocenters. The first kappa shape index (κ1) is 14.8. The van der Waals surface area contributed by atoms with E-state index in [0.29, 0.717) is 17.7 Å². The second-order valence-electron chi connectivity index (χ2n) is 4.66. The van der Waals surface area contributed by atoms with E-state index in [1.807, 2.05) is 19.1 Å². The zero-order valence-electron chi connectivity index (χ0n) is 12.1. The molecule has 5 heteroatoms. The van der Waals surface area contributed by atoms with E-state index < -0.39 is 0 Å². The van der Waals surface area contributed by atoms with Crippen LogP contribution in [0, 0.1) is 18.8 Å². The van der Waals surface area contributed by atoms with Crippen molar-refractivity contribution in [1.29, 1.82) is 0 Å². The van der Waals surface area contributed by atoms with E-state index in [1.54, 1.807) is 30.2 Å². The Labute approximate surface area is 123 Å². The van der Waals surface area contributed by atoms with Gasteiger partial charge in [-0.05, 0) is 24.6 Å². The molecule has 0 radical (unpaired) electrons. The van der Waals surface area contributed by atoms with Crippen molar-refractivity contribution in [2.24, 2.45) is 7.05 Å². The number of nitrogens with zero attached hydrogens (tertiary/aromatic N) is 2. The van der Waals surface area contributed by atoms with Crippen molar-refractivity contribution >= 4 is 11.6 Å². The number of rotatable bonds is 3. The van der Waals surface area contributed by atoms with Gasteiger partial charge in [0.15, 0.2) is 0 Å². The van der Waals surface area contributed by atoms with Crippen molar-refractivity contribution in [3.8, 4) is 11.8 Å². The molecular weight excluding hydrogens is 266 g/mol. The number of carbonyl (C=O) groups excluding carboxylic acids is 1. The van der Waals surface area contributed by atoms with Crippen molar-refractivity contribution < 1.29 is 9.90 Å². The Morgan fingerprint density at radius 1 is 1.48 bits per heavy atom. The maximum atomic E-state index is 12.3. The van der Waals surface area contributed by atoms with E-state index in [4.69, 9.17) is 5.11 Å². The Kier molecular flexibility index (Phi) is 4.75. The lowest BCUT2D eigenvalue weighted by Gasteiger charge is -2.06. The minimum Gasteiger partial charge on any atom is -0.395 e. The van der Waals surface area contributed by atoms with E-state index in [9.17, 15) is 4.79 Å². The molecule has 1 heterocycles. The Hall–Kier alpha value is -2.58. The lowest BCUT2D eigenvalue weighted by Crippen LogP contribution is -2.13. The molecular formula is C16H17N3O2. The Bertz CT molecular complexity index is 708. The number of amides is 1. The number of carbonyl (C=O) groups is 1. The fraction of sp³-hybridized carbons (Fsp3) is 0.250. The quantitative estimate of drug-likeness (QED) is 0.843. The Balaban J connectivity index is 2.20. The summed E-state index contributed by atoms with van der Waals surface area (Å²) >= 11 is 0. The maximum Gasteiger partial charge on any atom is 0.256 e. The van der Waals surface area contributed by atoms with Crippen molar-refractivity contribution in [2.45, 2.75) is 13.3 Å². The minimum atomic E-state index is -0.189. The van der Waals surface area contributed by atoms with Gasteiger partial charge in [-0.15, -0.1) is 0 Å². The molecule has 1 aromatic heterocycles. The second kappa shape index (κ2) is 6.73. The fourth-order valence-corrected chi connectivity index (χ4v) is 1.85. The predicted molar refractivity (Wildman–Crippen MR) is 80.9 cm³/mol. The number of aryl methyl sites for hydroxylation is 2. The summed E-state index contributed by atoms with van der Waals surface area (Å²) in [4.78, 5) is 12.3. The smallest absolute Gasteiger partial charge is 0.256 e. The summed E-state index contributed by atoms with van der Waals surface area (Å²) in [5.74, 6) is 5.59. The minimum absolute atomic E-state index is 0.0349. The van der Waals surface area contributed by atoms with Crippen LogP contribution in [0.1, 0.15) is 27.9 Å². The number of hydrogen-bond acceptors (Lipinski definition) is 3. The van der Waals surface area contributed by atoms with Gasteiger partial charge in [-0.25, -0.2) is 0 Å². The number of aliphatic hydroxyl groups is 1. The van der Waals surface area contributed by atoms with Gasteiger partial charge in [-0.2, -0.15) is 5.10 Å². The SMILES string of the molecule is Cc1ccc(C#CCCO)cc1C(=O)Nc1cnn(C)c1. The summed E-state index contributed by atoms with van der Waals surface area (Å²) in [6.07, 6.45) is 3.75. The molecule has 0 aliphatic carbocycles. The largest absolute Gasteiger partial charge is 0.395 e. The molecule has 2 rings (SSSR count). The van der Waals surface area contributed by atoms with Gasteiger partial charge in [0.2, 0.25) is 0 Å². The Morgan fingerprint density at radius 3 is 2.95 bits per heavy atom. The standard InChI is InChI=1S/C16H17N3O2/c1-12-6-7-13(5-3-4-8-20)9-15(12)16(21)18-14-10-17-19(2)11-14/h6-7,9-11,20H,4,8H2,1-2H3,(H,18,21). The van der Waals surface area contributed by atoms with Gasteiger partial charge in [0.1, 0.15) is 0 Å². The van der Waals surface area contributed by atoms with E-state index in [1.165, 1.54) is 0 Å². The third-order valence-electron chi connectivity index (χ3n) is 2.91. The predicted octanol–water partition coefficient (Wildman–Crippen LogP) is 1.71. The number of aromatic nitrogens is 2. The maximum absolute atomic E-state index is 12.3. The summed E-state index contributed by atoms with van der Waals surface area (Å²) in [6.45, 7) is 1.91. The van der Waals surface area contributed by atoms with Crippen LogP contribution < -0.4 is 5.32 Å². The summed E-state index contributed by atoms with van der Waals surface area (Å²) in [5, 5.41) is 15.5. The molecule has 0 bridgehead atoms. The topological polar surface area (TPSA) is 67.2 Å². The van der Waals surface area contributed by atoms with Crippen LogP contribution in [0.25, 0.3) is 0 Å². The van der Waals surface area contributed by atoms with Gasteiger partial charge < -0.3 is 10.4 Å². The van der Waals surface area contributed by atoms with Crippen molar-refractivity contribution in [3.63, 3.8) is 0 Å². The van der Waals surface area contributed by atoms with Crippen LogP contribution in [-0.2, 0) is 7.05 Å². The van der Waals surface area contributed by atoms with Crippen LogP contribution in [0.15, 0.2) is 30.6 Å². The first-order valence-electron chi connectivity index (χ1n) is 6.60. The van der Waals surface area contributed by atoms with Crippen molar-refractivity contribution in [3.05, 3.63) is 47.3 Å². The van der Waals surface area contributed by atoms with Crippen LogP contribution in [0.5, 0.6) is 0 Å². The zero-order valence-corrected chi connectivity index (χ0v) is 12.1. The number of anilines is 1. The number of nitrogens with one attached hydrogen (secondary N) is 1. The van der Waals surface area contributed by atoms with Crippen LogP contribution in [0.4, 0.5) is 5.69 Å². The van der Waals surface area contributed by atoms with Gasteiger partial charge in [0.25, 0.3) is 5.91 Å². The monoisotopic (exact) mass is 283 g/mol. The lowest BCUT2D eigenvalue weighted by atomic mass is 10.0. The van der Waals surface area contributed by atoms with Crippen molar-refractivity contribution in [2.75, 3.05) is 11.9 Å². The highest BCUT2D eigenvalue weighted by atomic mass is 16.2. The normalized spacial score (nSPS) is 9.86. The fourth-order valence-electron chi connectivity index (χ4n) is 1.85. The molecule has 0 aliphatic heterocycles. The van der Waals surface area contributed by atoms with Gasteiger partial charge in [0.05, 0.1) is 18.5 Å². The third-order valence-corrected chi connectivity index (χ3v) is 2.91. The van der Waals surface area contributed by atoms with Gasteiger partial charge in [-0.3, -0.25) is 9.48 Å². The highest BCUT2D eigenvalue weighted by molar-refractivity contribution is 6.05. The van der Waals surface area contributed by atoms with Gasteiger partial charge in [-0.1, -0.05) is 17.9 Å². The summed E-state index contributed by atoms with van der Waals surface area (Å²) in [6, 6.07) is 5.48. The molecule has 0 saturated carbocycles. The van der Waals surface area contributed by atoms with Gasteiger partial charge >= 0.3 is 0 Å². The lowest BCUT2D eigenvalue weighted by molar-refractivity contribution is 0.102. The molecule has 0 aliphatic rings. The zero-order chi connectivity index (χ0) is 15.2. The molecule has 0 fully saturated rings. The number of hydrogen-bond donors (Lipinski definition) is 2. The Morgan fingerprint density at radius 2 is 2.29 bits per heavy atom. The van der Waals surface area contributed by atoms with E-state index in [2.05, 4.69) is 22.3 Å². The molecule has 21 heavy (non-hydrogen) atoms. The summed E-state index contributed by atoms with van der Waals surface area (Å²) < 4.78 is 1.62. The summed E-state index contributed by atoms with van der Waals surface area (Å²) in [7, 11) is 1.79. The first-order chi connectivity index (χ1) is 10.1. The van der Waals surface area contributed by atoms with E-state index >= 15 is 0 Å². The molecule has 1 amide bonds. The average Bonchev–Trinajstić information content (AvgIpc) is 2.86. The van der Waals surface area contributed by atoms with Crippen LogP contribution in [0.3, 0.4) is 0 Å². The van der Waals surface area contributed by atoms with Crippen LogP contribution >= 0.6 is 0 Å². The van der Waals surface area contributed by atoms with Crippen LogP contribution in [0.2, 0.25) is 0 Å². The van der Waals surface area contributed by atoms with E-state index in [-0.39, 0.29) is 12.5 Å². The third kappa shape index (κ3) is 3.94. The highest BCUT2D eigenvalue weighted by Gasteiger charge is 2.10. The first-order valence-corrected chi connectivity index (χ1v) is 6.60. The average molecular weight is 283 g/mol. The molecule has 108 valence electrons. The molecule has 0 spiro atoms. The van der Waals surface area contributed by atoms with Crippen molar-refractivity contribution in [1.82, 2.24) is 9.78 Å². The highest BCUT2D eigenvalue weighted by Crippen LogP contribution is 2.13. The number of benzene rings is 1. The summed E-state index contributed by atoms with van der Waals surface area (Å²) in [5.41, 5.74) is 2.86. The molecule has 1 aromatic carbocycles. The van der Waals surface area contributed by atoms with Crippen LogP contribution in [-0.4, -0.2) is 27.4 Å². The number of aliphatic hydroxyl groups excluding tert-OH is 1. The molecule has 2 aromatic rings. The molecule has 5 nitrogen and oxygen atoms in total. The van der Waals surface area contributed by atoms with E-state index in [0.717, 1.165) is 11.1 Å². The molecule has 2 N–H and O–H groups in total. The second-order valence-corrected chi connectivity index (χ2v) is 4.66.